The summed E-state index contributed by atoms with van der Waals surface area (Å²) in [5.74, 6) is -1.41. The number of amides is 4. The molecule has 156 valence electrons. The minimum atomic E-state index is -0.368. The van der Waals surface area contributed by atoms with Crippen LogP contribution < -0.4 is 10.6 Å². The fraction of sp³-hybridized carbons (Fsp3) is 0.174. The highest BCUT2D eigenvalue weighted by Crippen LogP contribution is 2.29. The Hall–Kier alpha value is -4.07. The number of carbonyl (C=O) groups excluding carboxylic acids is 4. The molecule has 0 saturated heterocycles. The summed E-state index contributed by atoms with van der Waals surface area (Å²) in [7, 11) is 0. The largest absolute Gasteiger partial charge is 0.347 e. The molecule has 8 nitrogen and oxygen atoms in total. The molecule has 0 aliphatic carbocycles. The van der Waals surface area contributed by atoms with E-state index in [1.54, 1.807) is 42.6 Å². The Labute approximate surface area is 178 Å². The second-order valence-electron chi connectivity index (χ2n) is 7.14. The number of nitrogens with one attached hydrogen (secondary N) is 2. The number of carbonyl (C=O) groups is 4. The zero-order chi connectivity index (χ0) is 21.8. The van der Waals surface area contributed by atoms with Gasteiger partial charge in [-0.15, -0.1) is 0 Å². The molecule has 2 heterocycles. The summed E-state index contributed by atoms with van der Waals surface area (Å²) in [6.45, 7) is -0.0532. The van der Waals surface area contributed by atoms with Gasteiger partial charge in [-0.2, -0.15) is 0 Å². The molecule has 0 spiro atoms. The summed E-state index contributed by atoms with van der Waals surface area (Å²) in [6.07, 6.45) is 3.48. The van der Waals surface area contributed by atoms with E-state index in [0.29, 0.717) is 28.6 Å². The van der Waals surface area contributed by atoms with Crippen LogP contribution in [0.25, 0.3) is 10.8 Å². The van der Waals surface area contributed by atoms with Crippen molar-refractivity contribution >= 4 is 40.1 Å². The normalized spacial score (nSPS) is 12.7. The summed E-state index contributed by atoms with van der Waals surface area (Å²) >= 11 is 0. The average Bonchev–Trinajstić information content (AvgIpc) is 2.79. The summed E-state index contributed by atoms with van der Waals surface area (Å²) < 4.78 is 0. The van der Waals surface area contributed by atoms with Crippen molar-refractivity contribution in [3.63, 3.8) is 0 Å². The molecule has 0 bridgehead atoms. The van der Waals surface area contributed by atoms with Crippen molar-refractivity contribution in [3.8, 4) is 0 Å². The maximum atomic E-state index is 12.8. The molecule has 1 aromatic heterocycles. The van der Waals surface area contributed by atoms with Crippen LogP contribution in [0.4, 0.5) is 5.69 Å². The Morgan fingerprint density at radius 1 is 0.903 bits per heavy atom. The Kier molecular flexibility index (Phi) is 5.70. The third-order valence-electron chi connectivity index (χ3n) is 5.03. The predicted molar refractivity (Wildman–Crippen MR) is 114 cm³/mol. The molecule has 0 fully saturated rings. The second-order valence-corrected chi connectivity index (χ2v) is 7.14. The first-order valence-electron chi connectivity index (χ1n) is 9.89. The molecule has 1 aliphatic rings. The predicted octanol–water partition coefficient (Wildman–Crippen LogP) is 2.37. The second kappa shape index (κ2) is 8.74. The van der Waals surface area contributed by atoms with Gasteiger partial charge in [0.25, 0.3) is 11.8 Å². The Morgan fingerprint density at radius 2 is 1.61 bits per heavy atom. The van der Waals surface area contributed by atoms with Gasteiger partial charge >= 0.3 is 0 Å². The zero-order valence-electron chi connectivity index (χ0n) is 16.6. The summed E-state index contributed by atoms with van der Waals surface area (Å²) in [6, 6.07) is 14.1. The lowest BCUT2D eigenvalue weighted by molar-refractivity contribution is -0.124. The Balaban J connectivity index is 1.30. The molecule has 0 atom stereocenters. The standard InChI is InChI=1S/C23H20N4O4/c28-19(25-14-20(29)26-16-7-3-11-24-13-16)10-4-12-27-22(30)17-8-1-5-15-6-2-9-18(21(15)17)23(27)31/h1-3,5-9,11,13H,4,10,12,14H2,(H,25,28)(H,26,29). The van der Waals surface area contributed by atoms with Crippen LogP contribution >= 0.6 is 0 Å². The highest BCUT2D eigenvalue weighted by atomic mass is 16.2. The molecule has 1 aliphatic heterocycles. The fourth-order valence-electron chi connectivity index (χ4n) is 3.59. The number of aromatic nitrogens is 1. The van der Waals surface area contributed by atoms with Crippen LogP contribution in [0, 0.1) is 0 Å². The minimum Gasteiger partial charge on any atom is -0.347 e. The first-order valence-corrected chi connectivity index (χ1v) is 9.89. The van der Waals surface area contributed by atoms with E-state index in [-0.39, 0.29) is 43.1 Å². The van der Waals surface area contributed by atoms with Crippen molar-refractivity contribution in [1.82, 2.24) is 15.2 Å². The molecule has 0 saturated carbocycles. The maximum absolute atomic E-state index is 12.8. The van der Waals surface area contributed by atoms with Gasteiger partial charge in [0.15, 0.2) is 0 Å². The van der Waals surface area contributed by atoms with Gasteiger partial charge in [0.2, 0.25) is 11.8 Å². The number of hydrogen-bond acceptors (Lipinski definition) is 5. The molecule has 8 heteroatoms. The van der Waals surface area contributed by atoms with E-state index in [4.69, 9.17) is 0 Å². The summed E-state index contributed by atoms with van der Waals surface area (Å²) in [4.78, 5) is 54.7. The maximum Gasteiger partial charge on any atom is 0.261 e. The smallest absolute Gasteiger partial charge is 0.261 e. The van der Waals surface area contributed by atoms with E-state index < -0.39 is 0 Å². The molecule has 31 heavy (non-hydrogen) atoms. The van der Waals surface area contributed by atoms with Crippen molar-refractivity contribution in [1.29, 1.82) is 0 Å². The van der Waals surface area contributed by atoms with Gasteiger partial charge in [-0.05, 0) is 36.1 Å². The number of nitrogens with zero attached hydrogens (tertiary/aromatic N) is 2. The van der Waals surface area contributed by atoms with E-state index in [2.05, 4.69) is 15.6 Å². The van der Waals surface area contributed by atoms with Crippen LogP contribution in [0.15, 0.2) is 60.9 Å². The van der Waals surface area contributed by atoms with Crippen molar-refractivity contribution in [2.75, 3.05) is 18.4 Å². The third-order valence-corrected chi connectivity index (χ3v) is 5.03. The van der Waals surface area contributed by atoms with E-state index in [0.717, 1.165) is 5.39 Å². The number of benzene rings is 2. The summed E-state index contributed by atoms with van der Waals surface area (Å²) in [5, 5.41) is 6.68. The van der Waals surface area contributed by atoms with Gasteiger partial charge < -0.3 is 10.6 Å². The van der Waals surface area contributed by atoms with Crippen molar-refractivity contribution in [3.05, 3.63) is 72.1 Å². The molecular formula is C23H20N4O4. The van der Waals surface area contributed by atoms with E-state index in [9.17, 15) is 19.2 Å². The van der Waals surface area contributed by atoms with Crippen LogP contribution in [-0.4, -0.2) is 46.6 Å². The van der Waals surface area contributed by atoms with Crippen LogP contribution in [0.2, 0.25) is 0 Å². The van der Waals surface area contributed by atoms with E-state index in [1.807, 2.05) is 12.1 Å². The summed E-state index contributed by atoms with van der Waals surface area (Å²) in [5.41, 5.74) is 1.52. The lowest BCUT2D eigenvalue weighted by atomic mass is 9.94. The SMILES string of the molecule is O=C(CCCN1C(=O)c2cccc3cccc(c23)C1=O)NCC(=O)Nc1cccnc1. The van der Waals surface area contributed by atoms with Crippen molar-refractivity contribution in [2.24, 2.45) is 0 Å². The number of anilines is 1. The number of pyridine rings is 1. The van der Waals surface area contributed by atoms with Gasteiger partial charge in [0.1, 0.15) is 0 Å². The van der Waals surface area contributed by atoms with Crippen LogP contribution in [0.1, 0.15) is 33.6 Å². The first-order chi connectivity index (χ1) is 15.0. The molecule has 4 rings (SSSR count). The van der Waals surface area contributed by atoms with E-state index in [1.165, 1.54) is 11.1 Å². The number of rotatable bonds is 7. The monoisotopic (exact) mass is 416 g/mol. The third kappa shape index (κ3) is 4.28. The van der Waals surface area contributed by atoms with Crippen LogP contribution in [0.5, 0.6) is 0 Å². The van der Waals surface area contributed by atoms with Gasteiger partial charge in [-0.3, -0.25) is 29.1 Å². The molecule has 0 radical (unpaired) electrons. The topological polar surface area (TPSA) is 108 Å². The highest BCUT2D eigenvalue weighted by Gasteiger charge is 2.32. The zero-order valence-corrected chi connectivity index (χ0v) is 16.6. The molecule has 2 aromatic carbocycles. The van der Waals surface area contributed by atoms with Crippen LogP contribution in [-0.2, 0) is 9.59 Å². The molecular weight excluding hydrogens is 396 g/mol. The van der Waals surface area contributed by atoms with Gasteiger partial charge in [-0.1, -0.05) is 24.3 Å². The quantitative estimate of drug-likeness (QED) is 0.575. The lowest BCUT2D eigenvalue weighted by Crippen LogP contribution is -2.41. The average molecular weight is 416 g/mol. The van der Waals surface area contributed by atoms with Gasteiger partial charge in [0.05, 0.1) is 18.4 Å². The Bertz CT molecular complexity index is 1130. The highest BCUT2D eigenvalue weighted by molar-refractivity contribution is 6.25. The number of imide groups is 1. The van der Waals surface area contributed by atoms with Crippen molar-refractivity contribution < 1.29 is 19.2 Å². The van der Waals surface area contributed by atoms with Gasteiger partial charge in [0, 0.05) is 35.7 Å². The molecule has 3 aromatic rings. The lowest BCUT2D eigenvalue weighted by Gasteiger charge is -2.27. The molecule has 0 unspecified atom stereocenters. The van der Waals surface area contributed by atoms with Crippen LogP contribution in [0.3, 0.4) is 0 Å². The number of hydrogen-bond donors (Lipinski definition) is 2. The van der Waals surface area contributed by atoms with E-state index >= 15 is 0 Å². The van der Waals surface area contributed by atoms with Gasteiger partial charge in [-0.25, -0.2) is 0 Å². The minimum absolute atomic E-state index is 0.0864. The molecule has 2 N–H and O–H groups in total. The Morgan fingerprint density at radius 3 is 2.26 bits per heavy atom. The fourth-order valence-corrected chi connectivity index (χ4v) is 3.59. The first kappa shape index (κ1) is 20.2. The molecule has 4 amide bonds. The van der Waals surface area contributed by atoms with Crippen molar-refractivity contribution in [2.45, 2.75) is 12.8 Å².